The van der Waals surface area contributed by atoms with Crippen LogP contribution in [-0.4, -0.2) is 26.8 Å². The first-order valence-electron chi connectivity index (χ1n) is 7.22. The number of nitrogens with zero attached hydrogens (tertiary/aromatic N) is 4. The summed E-state index contributed by atoms with van der Waals surface area (Å²) in [6.07, 6.45) is 5.28. The summed E-state index contributed by atoms with van der Waals surface area (Å²) in [6.45, 7) is 0.520. The van der Waals surface area contributed by atoms with E-state index in [1.807, 2.05) is 10.7 Å². The van der Waals surface area contributed by atoms with Crippen LogP contribution in [0.15, 0.2) is 28.3 Å². The maximum atomic E-state index is 14.1. The summed E-state index contributed by atoms with van der Waals surface area (Å²) in [7, 11) is 0. The van der Waals surface area contributed by atoms with E-state index in [0.717, 1.165) is 18.4 Å². The quantitative estimate of drug-likeness (QED) is 0.919. The minimum atomic E-state index is -0.244. The number of rotatable bonds is 5. The molecule has 0 aliphatic heterocycles. The van der Waals surface area contributed by atoms with Gasteiger partial charge < -0.3 is 5.73 Å². The fourth-order valence-electron chi connectivity index (χ4n) is 2.68. The molecule has 1 aromatic heterocycles. The van der Waals surface area contributed by atoms with Crippen LogP contribution in [-0.2, 0) is 6.42 Å². The number of benzene rings is 1. The fraction of sp³-hybridized carbons (Fsp3) is 0.500. The SMILES string of the molecule is NCCc1ccc(Sc2nnnn2C2CCCC2)c(F)c1. The highest BCUT2D eigenvalue weighted by molar-refractivity contribution is 7.99. The lowest BCUT2D eigenvalue weighted by Gasteiger charge is -2.11. The molecule has 0 radical (unpaired) electrons. The Balaban J connectivity index is 1.79. The zero-order valence-corrected chi connectivity index (χ0v) is 12.5. The molecule has 0 unspecified atom stereocenters. The molecule has 1 aromatic carbocycles. The molecule has 1 heterocycles. The molecule has 21 heavy (non-hydrogen) atoms. The summed E-state index contributed by atoms with van der Waals surface area (Å²) in [5, 5.41) is 12.5. The third-order valence-electron chi connectivity index (χ3n) is 3.76. The summed E-state index contributed by atoms with van der Waals surface area (Å²) in [5.74, 6) is -0.244. The second-order valence-corrected chi connectivity index (χ2v) is 6.26. The Morgan fingerprint density at radius 3 is 2.86 bits per heavy atom. The molecular weight excluding hydrogens is 289 g/mol. The molecule has 1 saturated carbocycles. The van der Waals surface area contributed by atoms with Gasteiger partial charge in [0.1, 0.15) is 5.82 Å². The highest BCUT2D eigenvalue weighted by Gasteiger charge is 2.22. The van der Waals surface area contributed by atoms with E-state index in [4.69, 9.17) is 5.73 Å². The van der Waals surface area contributed by atoms with Crippen LogP contribution in [0, 0.1) is 5.82 Å². The van der Waals surface area contributed by atoms with Gasteiger partial charge in [-0.15, -0.1) is 5.10 Å². The number of hydrogen-bond donors (Lipinski definition) is 1. The van der Waals surface area contributed by atoms with Crippen molar-refractivity contribution in [3.05, 3.63) is 29.6 Å². The van der Waals surface area contributed by atoms with Gasteiger partial charge in [0.2, 0.25) is 5.16 Å². The average Bonchev–Trinajstić information content (AvgIpc) is 3.13. The van der Waals surface area contributed by atoms with Gasteiger partial charge in [-0.1, -0.05) is 18.9 Å². The molecule has 5 nitrogen and oxygen atoms in total. The lowest BCUT2D eigenvalue weighted by atomic mass is 10.1. The number of tetrazole rings is 1. The third kappa shape index (κ3) is 3.24. The van der Waals surface area contributed by atoms with E-state index in [1.54, 1.807) is 12.1 Å². The van der Waals surface area contributed by atoms with Crippen LogP contribution >= 0.6 is 11.8 Å². The summed E-state index contributed by atoms with van der Waals surface area (Å²) >= 11 is 1.28. The van der Waals surface area contributed by atoms with Crippen molar-refractivity contribution >= 4 is 11.8 Å². The van der Waals surface area contributed by atoms with Crippen LogP contribution in [0.2, 0.25) is 0 Å². The van der Waals surface area contributed by atoms with Crippen LogP contribution in [0.25, 0.3) is 0 Å². The Bertz CT molecular complexity index is 609. The van der Waals surface area contributed by atoms with Crippen molar-refractivity contribution in [3.63, 3.8) is 0 Å². The number of halogens is 1. The van der Waals surface area contributed by atoms with Crippen LogP contribution in [0.1, 0.15) is 37.3 Å². The van der Waals surface area contributed by atoms with Crippen LogP contribution in [0.4, 0.5) is 4.39 Å². The molecule has 7 heteroatoms. The summed E-state index contributed by atoms with van der Waals surface area (Å²) in [5.41, 5.74) is 6.40. The van der Waals surface area contributed by atoms with E-state index in [1.165, 1.54) is 24.6 Å². The molecule has 2 aromatic rings. The first-order chi connectivity index (χ1) is 10.3. The van der Waals surface area contributed by atoms with Gasteiger partial charge in [-0.25, -0.2) is 9.07 Å². The highest BCUT2D eigenvalue weighted by Crippen LogP contribution is 2.34. The van der Waals surface area contributed by atoms with Crippen molar-refractivity contribution in [1.82, 2.24) is 20.2 Å². The van der Waals surface area contributed by atoms with Gasteiger partial charge in [0.25, 0.3) is 0 Å². The van der Waals surface area contributed by atoms with Crippen molar-refractivity contribution in [2.45, 2.75) is 48.2 Å². The zero-order valence-electron chi connectivity index (χ0n) is 11.7. The molecule has 2 N–H and O–H groups in total. The topological polar surface area (TPSA) is 69.6 Å². The maximum Gasteiger partial charge on any atom is 0.214 e. The van der Waals surface area contributed by atoms with Gasteiger partial charge in [0.05, 0.1) is 10.9 Å². The predicted octanol–water partition coefficient (Wildman–Crippen LogP) is 2.58. The van der Waals surface area contributed by atoms with Crippen molar-refractivity contribution < 1.29 is 4.39 Å². The molecule has 0 amide bonds. The van der Waals surface area contributed by atoms with Gasteiger partial charge in [-0.05, 0) is 65.7 Å². The highest BCUT2D eigenvalue weighted by atomic mass is 32.2. The molecule has 0 saturated heterocycles. The lowest BCUT2D eigenvalue weighted by Crippen LogP contribution is -2.08. The monoisotopic (exact) mass is 307 g/mol. The van der Waals surface area contributed by atoms with Crippen LogP contribution in [0.5, 0.6) is 0 Å². The Hall–Kier alpha value is -1.47. The van der Waals surface area contributed by atoms with E-state index < -0.39 is 0 Å². The van der Waals surface area contributed by atoms with Crippen LogP contribution in [0.3, 0.4) is 0 Å². The first kappa shape index (κ1) is 14.5. The molecule has 1 aliphatic rings. The Morgan fingerprint density at radius 1 is 1.33 bits per heavy atom. The number of nitrogens with two attached hydrogens (primary N) is 1. The molecule has 0 bridgehead atoms. The predicted molar refractivity (Wildman–Crippen MR) is 78.6 cm³/mol. The molecule has 1 fully saturated rings. The Kier molecular flexibility index (Phi) is 4.50. The normalized spacial score (nSPS) is 15.7. The van der Waals surface area contributed by atoms with Gasteiger partial charge in [-0.3, -0.25) is 0 Å². The number of hydrogen-bond acceptors (Lipinski definition) is 5. The van der Waals surface area contributed by atoms with E-state index in [2.05, 4.69) is 15.5 Å². The van der Waals surface area contributed by atoms with Gasteiger partial charge in [-0.2, -0.15) is 0 Å². The lowest BCUT2D eigenvalue weighted by molar-refractivity contribution is 0.423. The maximum absolute atomic E-state index is 14.1. The van der Waals surface area contributed by atoms with E-state index >= 15 is 0 Å². The standard InChI is InChI=1S/C14H18FN5S/c15-12-9-10(7-8-16)5-6-13(12)21-14-17-18-19-20(14)11-3-1-2-4-11/h5-6,9,11H,1-4,7-8,16H2. The first-order valence-corrected chi connectivity index (χ1v) is 8.04. The molecule has 112 valence electrons. The largest absolute Gasteiger partial charge is 0.330 e. The minimum Gasteiger partial charge on any atom is -0.330 e. The average molecular weight is 307 g/mol. The molecular formula is C14H18FN5S. The Morgan fingerprint density at radius 2 is 2.14 bits per heavy atom. The van der Waals surface area contributed by atoms with E-state index in [-0.39, 0.29) is 5.82 Å². The zero-order chi connectivity index (χ0) is 14.7. The second kappa shape index (κ2) is 6.53. The van der Waals surface area contributed by atoms with Gasteiger partial charge in [0.15, 0.2) is 0 Å². The summed E-state index contributed by atoms with van der Waals surface area (Å²) in [6, 6.07) is 5.57. The van der Waals surface area contributed by atoms with Crippen molar-refractivity contribution in [3.8, 4) is 0 Å². The molecule has 3 rings (SSSR count). The summed E-state index contributed by atoms with van der Waals surface area (Å²) < 4.78 is 16.0. The Labute approximate surface area is 127 Å². The van der Waals surface area contributed by atoms with E-state index in [0.29, 0.717) is 29.1 Å². The fourth-order valence-corrected chi connectivity index (χ4v) is 3.52. The summed E-state index contributed by atoms with van der Waals surface area (Å²) in [4.78, 5) is 0.546. The third-order valence-corrected chi connectivity index (χ3v) is 4.77. The minimum absolute atomic E-state index is 0.244. The molecule has 0 atom stereocenters. The van der Waals surface area contributed by atoms with Crippen LogP contribution < -0.4 is 5.73 Å². The molecule has 1 aliphatic carbocycles. The molecule has 0 spiro atoms. The van der Waals surface area contributed by atoms with Gasteiger partial charge >= 0.3 is 0 Å². The van der Waals surface area contributed by atoms with Crippen molar-refractivity contribution in [1.29, 1.82) is 0 Å². The number of aromatic nitrogens is 4. The smallest absolute Gasteiger partial charge is 0.214 e. The van der Waals surface area contributed by atoms with Gasteiger partial charge in [0, 0.05) is 0 Å². The second-order valence-electron chi connectivity index (χ2n) is 5.25. The van der Waals surface area contributed by atoms with Crippen molar-refractivity contribution in [2.24, 2.45) is 5.73 Å². The van der Waals surface area contributed by atoms with Crippen molar-refractivity contribution in [2.75, 3.05) is 6.54 Å². The van der Waals surface area contributed by atoms with E-state index in [9.17, 15) is 4.39 Å².